The predicted molar refractivity (Wildman–Crippen MR) is 136 cm³/mol. The lowest BCUT2D eigenvalue weighted by Gasteiger charge is -2.64. The van der Waals surface area contributed by atoms with Crippen LogP contribution in [0.3, 0.4) is 0 Å². The normalized spacial score (nSPS) is 48.9. The zero-order valence-electron chi connectivity index (χ0n) is 22.7. The third kappa shape index (κ3) is 2.91. The Morgan fingerprint density at radius 1 is 0.935 bits per heavy atom. The summed E-state index contributed by atoms with van der Waals surface area (Å²) in [6.45, 7) is 29.8. The SMILES string of the molecule is C=C(CC)C(C)C12CC(C)C3C(CC(C1)C21C(C)C1C)C3(CC)CC(C(C)C)C(C)C. The van der Waals surface area contributed by atoms with E-state index in [-0.39, 0.29) is 0 Å². The van der Waals surface area contributed by atoms with Gasteiger partial charge in [-0.3, -0.25) is 0 Å². The summed E-state index contributed by atoms with van der Waals surface area (Å²) in [6.07, 6.45) is 8.61. The second-order valence-corrected chi connectivity index (χ2v) is 13.8. The summed E-state index contributed by atoms with van der Waals surface area (Å²) in [5.41, 5.74) is 3.36. The molecule has 0 amide bonds. The molecule has 31 heavy (non-hydrogen) atoms. The highest BCUT2D eigenvalue weighted by molar-refractivity contribution is 5.32. The largest absolute Gasteiger partial charge is 0.0996 e. The molecule has 0 aromatic rings. The molecule has 0 aromatic carbocycles. The molecule has 0 heteroatoms. The van der Waals surface area contributed by atoms with Gasteiger partial charge in [-0.1, -0.05) is 81.4 Å². The maximum Gasteiger partial charge on any atom is -0.0150 e. The monoisotopic (exact) mass is 426 g/mol. The van der Waals surface area contributed by atoms with Crippen LogP contribution in [0.15, 0.2) is 12.2 Å². The van der Waals surface area contributed by atoms with Gasteiger partial charge in [0, 0.05) is 0 Å². The average molecular weight is 427 g/mol. The first kappa shape index (κ1) is 23.9. The van der Waals surface area contributed by atoms with E-state index in [0.717, 1.165) is 59.7 Å². The van der Waals surface area contributed by atoms with Crippen molar-refractivity contribution in [2.24, 2.45) is 75.4 Å². The van der Waals surface area contributed by atoms with Crippen LogP contribution < -0.4 is 0 Å². The van der Waals surface area contributed by atoms with Gasteiger partial charge in [0.1, 0.15) is 0 Å². The fourth-order valence-corrected chi connectivity index (χ4v) is 11.1. The lowest BCUT2D eigenvalue weighted by Crippen LogP contribution is -2.57. The van der Waals surface area contributed by atoms with Crippen molar-refractivity contribution in [3.05, 3.63) is 12.2 Å². The van der Waals surface area contributed by atoms with Crippen molar-refractivity contribution in [2.75, 3.05) is 0 Å². The Balaban J connectivity index is 1.67. The highest BCUT2D eigenvalue weighted by Gasteiger charge is 2.82. The van der Waals surface area contributed by atoms with E-state index < -0.39 is 0 Å². The van der Waals surface area contributed by atoms with Crippen LogP contribution in [0.25, 0.3) is 0 Å². The molecule has 0 saturated heterocycles. The molecule has 0 nitrogen and oxygen atoms in total. The van der Waals surface area contributed by atoms with Gasteiger partial charge >= 0.3 is 0 Å². The van der Waals surface area contributed by atoms with Crippen LogP contribution in [0.5, 0.6) is 0 Å². The molecule has 4 aliphatic carbocycles. The van der Waals surface area contributed by atoms with Crippen molar-refractivity contribution >= 4 is 0 Å². The van der Waals surface area contributed by atoms with Crippen molar-refractivity contribution in [1.29, 1.82) is 0 Å². The molecule has 178 valence electrons. The van der Waals surface area contributed by atoms with Gasteiger partial charge in [0.05, 0.1) is 0 Å². The van der Waals surface area contributed by atoms with E-state index in [0.29, 0.717) is 22.2 Å². The summed E-state index contributed by atoms with van der Waals surface area (Å²) in [5.74, 6) is 8.95. The van der Waals surface area contributed by atoms with E-state index >= 15 is 0 Å². The van der Waals surface area contributed by atoms with Crippen LogP contribution in [-0.4, -0.2) is 0 Å². The van der Waals surface area contributed by atoms with Gasteiger partial charge < -0.3 is 0 Å². The van der Waals surface area contributed by atoms with Crippen LogP contribution in [0.2, 0.25) is 0 Å². The van der Waals surface area contributed by atoms with Gasteiger partial charge in [0.15, 0.2) is 0 Å². The molecule has 9 unspecified atom stereocenters. The summed E-state index contributed by atoms with van der Waals surface area (Å²) in [6, 6.07) is 0. The Hall–Kier alpha value is -0.260. The smallest absolute Gasteiger partial charge is 0.0150 e. The molecule has 9 atom stereocenters. The minimum absolute atomic E-state index is 0.547. The topological polar surface area (TPSA) is 0 Å². The van der Waals surface area contributed by atoms with Gasteiger partial charge in [-0.05, 0) is 114 Å². The Morgan fingerprint density at radius 2 is 1.52 bits per heavy atom. The fourth-order valence-electron chi connectivity index (χ4n) is 11.1. The van der Waals surface area contributed by atoms with Crippen molar-refractivity contribution in [1.82, 2.24) is 0 Å². The molecule has 4 rings (SSSR count). The second-order valence-electron chi connectivity index (χ2n) is 13.8. The number of hydrogen-bond acceptors (Lipinski definition) is 0. The molecular formula is C31H54. The van der Waals surface area contributed by atoms with E-state index in [1.807, 2.05) is 0 Å². The number of allylic oxidation sites excluding steroid dienone is 1. The van der Waals surface area contributed by atoms with E-state index in [4.69, 9.17) is 0 Å². The Morgan fingerprint density at radius 3 is 1.97 bits per heavy atom. The zero-order valence-corrected chi connectivity index (χ0v) is 22.7. The van der Waals surface area contributed by atoms with Gasteiger partial charge in [0.25, 0.3) is 0 Å². The molecule has 0 heterocycles. The maximum absolute atomic E-state index is 4.59. The molecule has 1 spiro atoms. The van der Waals surface area contributed by atoms with Crippen molar-refractivity contribution in [3.8, 4) is 0 Å². The molecular weight excluding hydrogens is 372 g/mol. The third-order valence-corrected chi connectivity index (χ3v) is 12.7. The lowest BCUT2D eigenvalue weighted by atomic mass is 9.40. The van der Waals surface area contributed by atoms with E-state index in [9.17, 15) is 0 Å². The first-order valence-corrected chi connectivity index (χ1v) is 14.1. The molecule has 4 aliphatic rings. The van der Waals surface area contributed by atoms with E-state index in [1.165, 1.54) is 31.3 Å². The minimum atomic E-state index is 0.547. The third-order valence-electron chi connectivity index (χ3n) is 12.7. The Kier molecular flexibility index (Phi) is 5.88. The van der Waals surface area contributed by atoms with Crippen LogP contribution in [0, 0.1) is 75.4 Å². The van der Waals surface area contributed by atoms with Crippen LogP contribution in [-0.2, 0) is 0 Å². The van der Waals surface area contributed by atoms with Crippen LogP contribution >= 0.6 is 0 Å². The number of fused-ring (bicyclic) bond motifs is 5. The van der Waals surface area contributed by atoms with Gasteiger partial charge in [0.2, 0.25) is 0 Å². The Labute approximate surface area is 195 Å². The van der Waals surface area contributed by atoms with Crippen LogP contribution in [0.1, 0.15) is 108 Å². The summed E-state index contributed by atoms with van der Waals surface area (Å²) in [4.78, 5) is 0. The predicted octanol–water partition coefficient (Wildman–Crippen LogP) is 9.26. The first-order chi connectivity index (χ1) is 14.5. The lowest BCUT2D eigenvalue weighted by molar-refractivity contribution is -0.145. The van der Waals surface area contributed by atoms with Crippen LogP contribution in [0.4, 0.5) is 0 Å². The van der Waals surface area contributed by atoms with E-state index in [2.05, 4.69) is 75.8 Å². The maximum atomic E-state index is 4.59. The molecule has 0 radical (unpaired) electrons. The fraction of sp³-hybridized carbons (Fsp3) is 0.935. The number of rotatable bonds is 8. The van der Waals surface area contributed by atoms with E-state index in [1.54, 1.807) is 6.42 Å². The van der Waals surface area contributed by atoms with Gasteiger partial charge in [-0.2, -0.15) is 0 Å². The molecule has 2 bridgehead atoms. The highest BCUT2D eigenvalue weighted by atomic mass is 14.9. The summed E-state index contributed by atoms with van der Waals surface area (Å²) in [5, 5.41) is 0. The number of hydrogen-bond donors (Lipinski definition) is 0. The Bertz CT molecular complexity index is 683. The van der Waals surface area contributed by atoms with Gasteiger partial charge in [-0.25, -0.2) is 0 Å². The molecule has 4 saturated carbocycles. The molecule has 0 N–H and O–H groups in total. The minimum Gasteiger partial charge on any atom is -0.0996 e. The van der Waals surface area contributed by atoms with Gasteiger partial charge in [-0.15, -0.1) is 0 Å². The summed E-state index contributed by atoms with van der Waals surface area (Å²) >= 11 is 0. The molecule has 4 fully saturated rings. The molecule has 0 aliphatic heterocycles. The summed E-state index contributed by atoms with van der Waals surface area (Å²) in [7, 11) is 0. The quantitative estimate of drug-likeness (QED) is 0.339. The molecule has 0 aromatic heterocycles. The van der Waals surface area contributed by atoms with Crippen molar-refractivity contribution in [2.45, 2.75) is 108 Å². The average Bonchev–Trinajstić information content (AvgIpc) is 3.52. The summed E-state index contributed by atoms with van der Waals surface area (Å²) < 4.78 is 0. The first-order valence-electron chi connectivity index (χ1n) is 14.1. The highest BCUT2D eigenvalue weighted by Crippen LogP contribution is 2.88. The van der Waals surface area contributed by atoms with Crippen molar-refractivity contribution in [3.63, 3.8) is 0 Å². The second kappa shape index (κ2) is 7.63. The standard InChI is InChI=1S/C31H54/c1-12-20(7)22(9)30-15-21(8)28-27(14-25(16-30)31(30)23(10)24(31)11)29(28,13-2)17-26(18(3)4)19(5)6/h18-19,21-28H,7,12-17H2,1-6,8-11H3. The zero-order chi connectivity index (χ0) is 23.1. The van der Waals surface area contributed by atoms with Crippen molar-refractivity contribution < 1.29 is 0 Å².